The summed E-state index contributed by atoms with van der Waals surface area (Å²) in [4.78, 5) is 24.3. The van der Waals surface area contributed by atoms with Crippen LogP contribution in [0, 0.1) is 0 Å². The maximum absolute atomic E-state index is 12.9. The Morgan fingerprint density at radius 2 is 1.91 bits per heavy atom. The molecule has 0 atom stereocenters. The number of nitrogens with zero attached hydrogens (tertiary/aromatic N) is 5. The van der Waals surface area contributed by atoms with Gasteiger partial charge in [-0.15, -0.1) is 0 Å². The van der Waals surface area contributed by atoms with Gasteiger partial charge in [0.2, 0.25) is 5.82 Å². The van der Waals surface area contributed by atoms with Gasteiger partial charge in [0.15, 0.2) is 17.1 Å². The maximum atomic E-state index is 12.9. The summed E-state index contributed by atoms with van der Waals surface area (Å²) in [6.07, 6.45) is -3.32. The third-order valence-electron chi connectivity index (χ3n) is 5.50. The van der Waals surface area contributed by atoms with Crippen molar-refractivity contribution in [1.82, 2.24) is 20.0 Å². The van der Waals surface area contributed by atoms with Gasteiger partial charge in [0.1, 0.15) is 5.82 Å². The fraction of sp³-hybridized carbons (Fsp3) is 0.273. The summed E-state index contributed by atoms with van der Waals surface area (Å²) in [7, 11) is 1.54. The molecular weight excluding hydrogens is 455 g/mol. The fourth-order valence-corrected chi connectivity index (χ4v) is 3.76. The van der Waals surface area contributed by atoms with Crippen molar-refractivity contribution >= 4 is 22.7 Å². The van der Waals surface area contributed by atoms with Crippen LogP contribution >= 0.6 is 0 Å². The molecule has 12 heteroatoms. The van der Waals surface area contributed by atoms with Gasteiger partial charge in [-0.3, -0.25) is 4.79 Å². The predicted molar refractivity (Wildman–Crippen MR) is 113 cm³/mol. The Kier molecular flexibility index (Phi) is 5.34. The molecule has 0 N–H and O–H groups in total. The summed E-state index contributed by atoms with van der Waals surface area (Å²) in [5, 5.41) is 4.15. The third-order valence-corrected chi connectivity index (χ3v) is 5.50. The predicted octanol–water partition coefficient (Wildman–Crippen LogP) is 3.87. The summed E-state index contributed by atoms with van der Waals surface area (Å²) >= 11 is 0. The number of methoxy groups -OCH3 is 1. The molecule has 1 amide bonds. The first kappa shape index (κ1) is 21.7. The van der Waals surface area contributed by atoms with Crippen LogP contribution in [0.3, 0.4) is 0 Å². The van der Waals surface area contributed by atoms with Gasteiger partial charge in [-0.2, -0.15) is 18.2 Å². The summed E-state index contributed by atoms with van der Waals surface area (Å²) in [6, 6.07) is 10.4. The molecule has 0 aliphatic carbocycles. The number of para-hydroxylation sites is 1. The highest BCUT2D eigenvalue weighted by Crippen LogP contribution is 2.30. The van der Waals surface area contributed by atoms with Crippen molar-refractivity contribution in [2.24, 2.45) is 0 Å². The normalized spacial score (nSPS) is 14.6. The molecule has 3 aromatic heterocycles. The number of hydrogen-bond donors (Lipinski definition) is 0. The number of fused-ring (bicyclic) bond motifs is 1. The molecule has 1 saturated heterocycles. The van der Waals surface area contributed by atoms with Crippen molar-refractivity contribution in [2.75, 3.05) is 38.2 Å². The molecule has 0 bridgehead atoms. The van der Waals surface area contributed by atoms with Crippen molar-refractivity contribution in [3.63, 3.8) is 0 Å². The van der Waals surface area contributed by atoms with E-state index >= 15 is 0 Å². The quantitative estimate of drug-likeness (QED) is 0.441. The number of carbonyl (C=O) groups excluding carboxylic acids is 1. The fourth-order valence-electron chi connectivity index (χ4n) is 3.76. The third kappa shape index (κ3) is 4.02. The number of amides is 1. The minimum absolute atomic E-state index is 0.191. The molecule has 1 aliphatic heterocycles. The molecule has 4 heterocycles. The van der Waals surface area contributed by atoms with Gasteiger partial charge in [0, 0.05) is 43.3 Å². The van der Waals surface area contributed by atoms with Gasteiger partial charge in [-0.25, -0.2) is 4.98 Å². The zero-order valence-electron chi connectivity index (χ0n) is 17.9. The maximum Gasteiger partial charge on any atom is 0.471 e. The molecule has 34 heavy (non-hydrogen) atoms. The smallest absolute Gasteiger partial charge is 0.471 e. The lowest BCUT2D eigenvalue weighted by atomic mass is 10.2. The Morgan fingerprint density at radius 1 is 1.12 bits per heavy atom. The van der Waals surface area contributed by atoms with Crippen molar-refractivity contribution < 1.29 is 31.6 Å². The number of anilines is 1. The van der Waals surface area contributed by atoms with Crippen molar-refractivity contribution in [1.29, 1.82) is 0 Å². The van der Waals surface area contributed by atoms with Gasteiger partial charge in [0.25, 0.3) is 5.91 Å². The van der Waals surface area contributed by atoms with Crippen LogP contribution in [-0.4, -0.2) is 59.2 Å². The van der Waals surface area contributed by atoms with Crippen LogP contribution in [0.2, 0.25) is 0 Å². The standard InChI is InChI=1S/C22H18F3N5O4/c1-32-15-4-2-3-13-11-16(33-18(13)15)20(31)30-9-7-29(8-10-30)17-6-5-14(12-26-17)19-27-21(34-28-19)22(23,24)25/h2-6,11-12H,7-10H2,1H3. The Balaban J connectivity index is 1.24. The molecule has 4 aromatic rings. The molecule has 176 valence electrons. The van der Waals surface area contributed by atoms with Gasteiger partial charge in [0.05, 0.1) is 7.11 Å². The molecular formula is C22H18F3N5O4. The lowest BCUT2D eigenvalue weighted by molar-refractivity contribution is -0.159. The minimum atomic E-state index is -4.70. The number of hydrogen-bond acceptors (Lipinski definition) is 8. The highest BCUT2D eigenvalue weighted by atomic mass is 19.4. The number of benzene rings is 1. The zero-order chi connectivity index (χ0) is 23.9. The summed E-state index contributed by atoms with van der Waals surface area (Å²) in [5.74, 6) is -0.373. The summed E-state index contributed by atoms with van der Waals surface area (Å²) < 4.78 is 53.3. The molecule has 1 aromatic carbocycles. The van der Waals surface area contributed by atoms with Crippen LogP contribution in [0.1, 0.15) is 16.4 Å². The second-order valence-corrected chi connectivity index (χ2v) is 7.59. The van der Waals surface area contributed by atoms with E-state index in [1.165, 1.54) is 6.20 Å². The Morgan fingerprint density at radius 3 is 2.56 bits per heavy atom. The van der Waals surface area contributed by atoms with Gasteiger partial charge < -0.3 is 23.5 Å². The van der Waals surface area contributed by atoms with E-state index in [1.807, 2.05) is 17.0 Å². The minimum Gasteiger partial charge on any atom is -0.493 e. The number of alkyl halides is 3. The number of halogens is 3. The molecule has 9 nitrogen and oxygen atoms in total. The number of ether oxygens (including phenoxy) is 1. The van der Waals surface area contributed by atoms with Gasteiger partial charge >= 0.3 is 12.1 Å². The highest BCUT2D eigenvalue weighted by Gasteiger charge is 2.38. The Labute approximate surface area is 190 Å². The van der Waals surface area contributed by atoms with Crippen LogP contribution in [0.5, 0.6) is 5.75 Å². The average Bonchev–Trinajstić information content (AvgIpc) is 3.51. The number of aromatic nitrogens is 3. The zero-order valence-corrected chi connectivity index (χ0v) is 17.9. The molecule has 0 saturated carbocycles. The van der Waals surface area contributed by atoms with E-state index in [-0.39, 0.29) is 17.5 Å². The molecule has 0 unspecified atom stereocenters. The monoisotopic (exact) mass is 473 g/mol. The Hall–Kier alpha value is -4.09. The topological polar surface area (TPSA) is 97.7 Å². The Bertz CT molecular complexity index is 1320. The van der Waals surface area contributed by atoms with E-state index in [2.05, 4.69) is 19.6 Å². The summed E-state index contributed by atoms with van der Waals surface area (Å²) in [5.41, 5.74) is 0.831. The second-order valence-electron chi connectivity index (χ2n) is 7.59. The average molecular weight is 473 g/mol. The van der Waals surface area contributed by atoms with Crippen molar-refractivity contribution in [3.8, 4) is 17.1 Å². The molecule has 0 spiro atoms. The first-order valence-corrected chi connectivity index (χ1v) is 10.3. The van der Waals surface area contributed by atoms with E-state index < -0.39 is 12.1 Å². The van der Waals surface area contributed by atoms with E-state index in [4.69, 9.17) is 9.15 Å². The highest BCUT2D eigenvalue weighted by molar-refractivity contribution is 5.97. The lowest BCUT2D eigenvalue weighted by Crippen LogP contribution is -2.49. The van der Waals surface area contributed by atoms with E-state index in [1.54, 1.807) is 36.3 Å². The van der Waals surface area contributed by atoms with Crippen molar-refractivity contribution in [2.45, 2.75) is 6.18 Å². The molecule has 1 fully saturated rings. The number of pyridine rings is 1. The van der Waals surface area contributed by atoms with Gasteiger partial charge in [-0.05, 0) is 24.3 Å². The van der Waals surface area contributed by atoms with E-state index in [9.17, 15) is 18.0 Å². The van der Waals surface area contributed by atoms with Gasteiger partial charge in [-0.1, -0.05) is 17.3 Å². The first-order valence-electron chi connectivity index (χ1n) is 10.3. The van der Waals surface area contributed by atoms with Crippen LogP contribution in [0.4, 0.5) is 19.0 Å². The lowest BCUT2D eigenvalue weighted by Gasteiger charge is -2.35. The number of rotatable bonds is 4. The van der Waals surface area contributed by atoms with E-state index in [0.717, 1.165) is 5.39 Å². The SMILES string of the molecule is COc1cccc2cc(C(=O)N3CCN(c4ccc(-c5noc(C(F)(F)F)n5)cn4)CC3)oc12. The second kappa shape index (κ2) is 8.36. The molecule has 1 aliphatic rings. The number of carbonyl (C=O) groups is 1. The molecule has 0 radical (unpaired) electrons. The largest absolute Gasteiger partial charge is 0.493 e. The molecule has 5 rings (SSSR count). The van der Waals surface area contributed by atoms with E-state index in [0.29, 0.717) is 48.9 Å². The number of furan rings is 1. The summed E-state index contributed by atoms with van der Waals surface area (Å²) in [6.45, 7) is 1.97. The van der Waals surface area contributed by atoms with Crippen LogP contribution in [-0.2, 0) is 6.18 Å². The van der Waals surface area contributed by atoms with Crippen LogP contribution in [0.15, 0.2) is 51.5 Å². The van der Waals surface area contributed by atoms with Crippen molar-refractivity contribution in [3.05, 3.63) is 54.2 Å². The van der Waals surface area contributed by atoms with Crippen LogP contribution in [0.25, 0.3) is 22.4 Å². The first-order chi connectivity index (χ1) is 16.3. The van der Waals surface area contributed by atoms with Crippen LogP contribution < -0.4 is 9.64 Å². The number of piperazine rings is 1.